The van der Waals surface area contributed by atoms with Crippen LogP contribution in [0.4, 0.5) is 25.2 Å². The average molecular weight is 970 g/mol. The second-order valence-corrected chi connectivity index (χ2v) is 18.1. The van der Waals surface area contributed by atoms with Gasteiger partial charge in [0.25, 0.3) is 0 Å². The summed E-state index contributed by atoms with van der Waals surface area (Å²) in [5.41, 5.74) is 0. The van der Waals surface area contributed by atoms with Crippen molar-refractivity contribution in [2.75, 3.05) is 0 Å². The zero-order valence-electron chi connectivity index (χ0n) is 29.4. The fourth-order valence-electron chi connectivity index (χ4n) is 5.21. The van der Waals surface area contributed by atoms with Crippen LogP contribution < -0.4 is 31.8 Å². The van der Waals surface area contributed by atoms with E-state index in [1.165, 1.54) is 57.5 Å². The minimum absolute atomic E-state index is 0. The largest absolute Gasteiger partial charge is 0.0622 e. The maximum absolute atomic E-state index is 10.7. The first-order valence-corrected chi connectivity index (χ1v) is 21.8. The molecule has 0 N–H and O–H groups in total. The third-order valence-electron chi connectivity index (χ3n) is 7.42. The van der Waals surface area contributed by atoms with E-state index in [0.717, 1.165) is 0 Å². The minimum Gasteiger partial charge on any atom is -0.0622 e. The normalized spacial score (nSPS) is 14.6. The van der Waals surface area contributed by atoms with E-state index in [-0.39, 0.29) is 20.1 Å². The van der Waals surface area contributed by atoms with Crippen molar-refractivity contribution >= 4 is 55.5 Å². The molecular weight excluding hydrogens is 928 g/mol. The van der Waals surface area contributed by atoms with Gasteiger partial charge in [-0.2, -0.15) is 0 Å². The quantitative estimate of drug-likeness (QED) is 0.0886. The zero-order chi connectivity index (χ0) is 37.9. The smallest absolute Gasteiger partial charge is 0 e. The number of halogens is 6. The van der Waals surface area contributed by atoms with Crippen LogP contribution in [0.25, 0.3) is 0 Å². The fraction of sp³-hybridized carbons (Fsp3) is 0.0909. The van der Waals surface area contributed by atoms with Crippen molar-refractivity contribution in [3.63, 3.8) is 0 Å². The molecule has 0 nitrogen and oxygen atoms in total. The Morgan fingerprint density at radius 1 is 0.278 bits per heavy atom. The summed E-state index contributed by atoms with van der Waals surface area (Å²) < 4.78 is 59.2. The van der Waals surface area contributed by atoms with Crippen molar-refractivity contribution < 1.29 is 45.3 Å². The Labute approximate surface area is 331 Å². The van der Waals surface area contributed by atoms with Gasteiger partial charge in [-0.05, 0) is 73.4 Å². The first-order valence-electron chi connectivity index (χ1n) is 17.1. The molecule has 0 saturated carbocycles. The van der Waals surface area contributed by atoms with E-state index in [9.17, 15) is 25.2 Å². The molecule has 0 spiro atoms. The second-order valence-electron chi connectivity index (χ2n) is 11.7. The van der Waals surface area contributed by atoms with Crippen molar-refractivity contribution in [3.05, 3.63) is 206 Å². The van der Waals surface area contributed by atoms with Gasteiger partial charge < -0.3 is 0 Å². The molecule has 1 aliphatic carbocycles. The van der Waals surface area contributed by atoms with Gasteiger partial charge >= 0.3 is 33.0 Å². The third kappa shape index (κ3) is 18.6. The summed E-state index contributed by atoms with van der Waals surface area (Å²) in [6.45, 7) is 0. The van der Waals surface area contributed by atoms with Crippen molar-refractivity contribution in [3.8, 4) is 0 Å². The van der Waals surface area contributed by atoms with Crippen molar-refractivity contribution in [2.45, 2.75) is 25.7 Å². The van der Waals surface area contributed by atoms with E-state index in [1.54, 1.807) is 0 Å². The summed E-state index contributed by atoms with van der Waals surface area (Å²) in [6.07, 6.45) is 14.0. The standard InChI is InChI=1S/2C18H15P.C8H12.F6P.Ir/c2*1-4-10-16(11-5-1)19(17-12-6-2-7-13-17)18-14-8-3-9-15-18;1-2-4-6-8-7-5-3-1;1-7(2,3,4,5)6;/h2*1-15H;1-2,7-8H,3-6H2;;/q;;;-1;/b;;2-1-,8-7-;;. The van der Waals surface area contributed by atoms with Gasteiger partial charge in [0.15, 0.2) is 0 Å². The fourth-order valence-corrected chi connectivity index (χ4v) is 9.82. The van der Waals surface area contributed by atoms with Crippen LogP contribution in [-0.2, 0) is 20.1 Å². The van der Waals surface area contributed by atoms with Crippen LogP contribution >= 0.6 is 23.7 Å². The molecule has 0 heterocycles. The number of allylic oxidation sites excluding steroid dienone is 4. The predicted molar refractivity (Wildman–Crippen MR) is 221 cm³/mol. The molecule has 0 bridgehead atoms. The van der Waals surface area contributed by atoms with Gasteiger partial charge in [0.05, 0.1) is 0 Å². The molecule has 10 heteroatoms. The number of benzene rings is 6. The van der Waals surface area contributed by atoms with Crippen molar-refractivity contribution in [2.24, 2.45) is 0 Å². The Morgan fingerprint density at radius 2 is 0.407 bits per heavy atom. The number of rotatable bonds is 6. The van der Waals surface area contributed by atoms with Crippen LogP contribution in [0.5, 0.6) is 0 Å². The van der Waals surface area contributed by atoms with Crippen LogP contribution in [0, 0.1) is 0 Å². The molecule has 0 fully saturated rings. The van der Waals surface area contributed by atoms with Crippen LogP contribution in [0.2, 0.25) is 0 Å². The molecule has 285 valence electrons. The summed E-state index contributed by atoms with van der Waals surface area (Å²) in [4.78, 5) is 0. The first-order chi connectivity index (χ1) is 25.3. The Morgan fingerprint density at radius 3 is 0.537 bits per heavy atom. The molecule has 1 radical (unpaired) electrons. The van der Waals surface area contributed by atoms with Crippen molar-refractivity contribution in [1.29, 1.82) is 0 Å². The van der Waals surface area contributed by atoms with E-state index in [1.807, 2.05) is 0 Å². The minimum atomic E-state index is -10.7. The number of hydrogen-bond donors (Lipinski definition) is 0. The van der Waals surface area contributed by atoms with E-state index in [2.05, 4.69) is 206 Å². The van der Waals surface area contributed by atoms with E-state index in [4.69, 9.17) is 0 Å². The summed E-state index contributed by atoms with van der Waals surface area (Å²) >= 11 is 0. The van der Waals surface area contributed by atoms with Gasteiger partial charge in [-0.3, -0.25) is 0 Å². The Kier molecular flexibility index (Phi) is 17.7. The van der Waals surface area contributed by atoms with E-state index in [0.29, 0.717) is 0 Å². The van der Waals surface area contributed by atoms with Gasteiger partial charge in [-0.25, -0.2) is 0 Å². The molecule has 0 aromatic heterocycles. The Balaban J connectivity index is 0.000000210. The maximum atomic E-state index is 9.87. The van der Waals surface area contributed by atoms with Gasteiger partial charge in [0.1, 0.15) is 0 Å². The maximum Gasteiger partial charge on any atom is 0 e. The summed E-state index contributed by atoms with van der Waals surface area (Å²) in [5.74, 6) is 0. The summed E-state index contributed by atoms with van der Waals surface area (Å²) in [6, 6.07) is 64.7. The molecule has 0 amide bonds. The summed E-state index contributed by atoms with van der Waals surface area (Å²) in [7, 11) is -11.5. The topological polar surface area (TPSA) is 0 Å². The first kappa shape index (κ1) is 44.7. The molecule has 6 aromatic rings. The zero-order valence-corrected chi connectivity index (χ0v) is 34.5. The van der Waals surface area contributed by atoms with Gasteiger partial charge in [0.2, 0.25) is 0 Å². The monoisotopic (exact) mass is 970 g/mol. The van der Waals surface area contributed by atoms with Crippen LogP contribution in [0.1, 0.15) is 25.7 Å². The van der Waals surface area contributed by atoms with Crippen LogP contribution in [0.15, 0.2) is 206 Å². The van der Waals surface area contributed by atoms with Gasteiger partial charge in [0, 0.05) is 20.1 Å². The molecule has 7 rings (SSSR count). The molecule has 0 atom stereocenters. The molecule has 0 aliphatic heterocycles. The second kappa shape index (κ2) is 21.4. The third-order valence-corrected chi connectivity index (χ3v) is 12.3. The SMILES string of the molecule is C1=C\CC/C=C\CC/1.F[P-](F)(F)(F)(F)F.[Ir].c1ccc(P(c2ccccc2)c2ccccc2)cc1.c1ccc(P(c2ccccc2)c2ccccc2)cc1. The van der Waals surface area contributed by atoms with Gasteiger partial charge in [-0.1, -0.05) is 206 Å². The molecule has 1 aliphatic rings. The predicted octanol–water partition coefficient (Wildman–Crippen LogP) is 12.9. The molecule has 54 heavy (non-hydrogen) atoms. The van der Waals surface area contributed by atoms with Gasteiger partial charge in [-0.15, -0.1) is 0 Å². The number of hydrogen-bond acceptors (Lipinski definition) is 0. The Bertz CT molecular complexity index is 1610. The van der Waals surface area contributed by atoms with Crippen molar-refractivity contribution in [1.82, 2.24) is 0 Å². The average Bonchev–Trinajstić information content (AvgIpc) is 3.14. The Hall–Kier alpha value is -3.68. The van der Waals surface area contributed by atoms with Crippen LogP contribution in [0.3, 0.4) is 0 Å². The molecule has 6 aromatic carbocycles. The summed E-state index contributed by atoms with van der Waals surface area (Å²) in [5, 5.41) is 8.39. The van der Waals surface area contributed by atoms with E-state index >= 15 is 0 Å². The molecule has 0 unspecified atom stereocenters. The van der Waals surface area contributed by atoms with Crippen LogP contribution in [-0.4, -0.2) is 0 Å². The molecule has 0 saturated heterocycles. The molecular formula is C44H42F6IrP3-. The van der Waals surface area contributed by atoms with E-state index < -0.39 is 23.7 Å².